The maximum absolute atomic E-state index is 4.20. The third-order valence-electron chi connectivity index (χ3n) is 0.662. The number of rotatable bonds is 2. The van der Waals surface area contributed by atoms with Crippen LogP contribution in [0.5, 0.6) is 0 Å². The van der Waals surface area contributed by atoms with E-state index in [-0.39, 0.29) is 0 Å². The van der Waals surface area contributed by atoms with E-state index in [1.165, 1.54) is 2.88 Å². The molecule has 0 aliphatic heterocycles. The van der Waals surface area contributed by atoms with Gasteiger partial charge in [0, 0.05) is 0 Å². The summed E-state index contributed by atoms with van der Waals surface area (Å²) in [5, 5.41) is 1.15. The lowest BCUT2D eigenvalue weighted by Crippen LogP contribution is -1.63. The fourth-order valence-electron chi connectivity index (χ4n) is 0.362. The van der Waals surface area contributed by atoms with E-state index in [2.05, 4.69) is 55.6 Å². The highest BCUT2D eigenvalue weighted by molar-refractivity contribution is 14.1. The van der Waals surface area contributed by atoms with E-state index in [0.29, 0.717) is 0 Å². The van der Waals surface area contributed by atoms with Crippen LogP contribution in [0.4, 0.5) is 0 Å². The minimum atomic E-state index is 1.08. The quantitative estimate of drug-likeness (QED) is 0.442. The molecule has 9 heavy (non-hydrogen) atoms. The van der Waals surface area contributed by atoms with E-state index in [1.54, 1.807) is 23.3 Å². The normalized spacial score (nSPS) is 10.0. The van der Waals surface area contributed by atoms with Crippen LogP contribution in [0.25, 0.3) is 0 Å². The minimum Gasteiger partial charge on any atom is -0.185 e. The van der Waals surface area contributed by atoms with Crippen molar-refractivity contribution < 1.29 is 0 Å². The van der Waals surface area contributed by atoms with E-state index in [4.69, 9.17) is 0 Å². The van der Waals surface area contributed by atoms with Crippen molar-refractivity contribution in [3.8, 4) is 0 Å². The van der Waals surface area contributed by atoms with Crippen molar-refractivity contribution in [2.24, 2.45) is 0 Å². The van der Waals surface area contributed by atoms with E-state index in [9.17, 15) is 0 Å². The molecule has 0 atom stereocenters. The molecule has 0 aliphatic rings. The first kappa shape index (κ1) is 8.54. The Hall–Kier alpha value is 1.44. The lowest BCUT2D eigenvalue weighted by Gasteiger charge is -1.83. The van der Waals surface area contributed by atoms with Crippen LogP contribution in [0.3, 0.4) is 0 Å². The van der Waals surface area contributed by atoms with Crippen LogP contribution in [-0.2, 0) is 0 Å². The Bertz CT molecular complexity index is 188. The molecule has 0 fully saturated rings. The molecule has 5 heteroatoms. The lowest BCUT2D eigenvalue weighted by molar-refractivity contribution is 1.29. The Labute approximate surface area is 89.4 Å². The molecular weight excluding hydrogens is 380 g/mol. The molecular formula is C4H3I2NS2. The second-order valence-electron chi connectivity index (χ2n) is 1.22. The van der Waals surface area contributed by atoms with Gasteiger partial charge in [-0.3, -0.25) is 0 Å². The van der Waals surface area contributed by atoms with Gasteiger partial charge in [-0.1, -0.05) is 34.4 Å². The molecule has 1 aromatic heterocycles. The number of thioether (sulfide) groups is 1. The summed E-state index contributed by atoms with van der Waals surface area (Å²) in [5.41, 5.74) is 0. The highest BCUT2D eigenvalue weighted by Crippen LogP contribution is 2.22. The van der Waals surface area contributed by atoms with Gasteiger partial charge in [0.15, 0.2) is 0 Å². The summed E-state index contributed by atoms with van der Waals surface area (Å²) in [6.45, 7) is 0. The van der Waals surface area contributed by atoms with Gasteiger partial charge in [-0.15, -0.1) is 0 Å². The smallest absolute Gasteiger partial charge is 0.112 e. The summed E-state index contributed by atoms with van der Waals surface area (Å²) in [6, 6.07) is 2.11. The number of halogens is 2. The fourth-order valence-corrected chi connectivity index (χ4v) is 3.23. The standard InChI is InChI=1S/C4H3I2NS2/c5-2-8-4-1-3(6)9-7-4/h1H,2H2. The zero-order valence-corrected chi connectivity index (χ0v) is 10.3. The Morgan fingerprint density at radius 1 is 1.78 bits per heavy atom. The zero-order valence-electron chi connectivity index (χ0n) is 4.30. The van der Waals surface area contributed by atoms with Crippen LogP contribution < -0.4 is 0 Å². The number of hydrogen-bond acceptors (Lipinski definition) is 3. The van der Waals surface area contributed by atoms with Gasteiger partial charge < -0.3 is 0 Å². The van der Waals surface area contributed by atoms with Crippen molar-refractivity contribution in [1.82, 2.24) is 4.37 Å². The molecule has 0 saturated heterocycles. The lowest BCUT2D eigenvalue weighted by atomic mass is 10.8. The summed E-state index contributed by atoms with van der Waals surface area (Å²) in [6.07, 6.45) is 0. The average molecular weight is 383 g/mol. The van der Waals surface area contributed by atoms with Crippen molar-refractivity contribution in [3.63, 3.8) is 0 Å². The van der Waals surface area contributed by atoms with Gasteiger partial charge in [-0.05, 0) is 40.2 Å². The molecule has 0 N–H and O–H groups in total. The Morgan fingerprint density at radius 2 is 2.56 bits per heavy atom. The summed E-state index contributed by atoms with van der Waals surface area (Å²) >= 11 is 7.94. The molecule has 1 rings (SSSR count). The van der Waals surface area contributed by atoms with Crippen LogP contribution in [0, 0.1) is 2.88 Å². The maximum Gasteiger partial charge on any atom is 0.112 e. The Balaban J connectivity index is 2.61. The average Bonchev–Trinajstić information content (AvgIpc) is 2.17. The van der Waals surface area contributed by atoms with Crippen molar-refractivity contribution in [2.75, 3.05) is 3.76 Å². The minimum absolute atomic E-state index is 1.08. The molecule has 0 radical (unpaired) electrons. The van der Waals surface area contributed by atoms with Gasteiger partial charge in [0.05, 0.1) is 6.64 Å². The first-order valence-electron chi connectivity index (χ1n) is 2.14. The molecule has 1 aromatic rings. The highest BCUT2D eigenvalue weighted by atomic mass is 127. The van der Waals surface area contributed by atoms with Crippen LogP contribution >= 0.6 is 68.5 Å². The molecule has 0 bridgehead atoms. The largest absolute Gasteiger partial charge is 0.185 e. The molecule has 0 amide bonds. The summed E-state index contributed by atoms with van der Waals surface area (Å²) in [7, 11) is 0. The van der Waals surface area contributed by atoms with Crippen molar-refractivity contribution in [3.05, 3.63) is 8.95 Å². The number of alkyl halides is 1. The van der Waals surface area contributed by atoms with E-state index >= 15 is 0 Å². The monoisotopic (exact) mass is 383 g/mol. The summed E-state index contributed by atoms with van der Waals surface area (Å²) in [4.78, 5) is 0. The predicted molar refractivity (Wildman–Crippen MR) is 59.6 cm³/mol. The van der Waals surface area contributed by atoms with Gasteiger partial charge in [0.2, 0.25) is 0 Å². The Kier molecular flexibility index (Phi) is 4.12. The van der Waals surface area contributed by atoms with Crippen molar-refractivity contribution in [1.29, 1.82) is 0 Å². The second-order valence-corrected chi connectivity index (χ2v) is 6.72. The van der Waals surface area contributed by atoms with Gasteiger partial charge >= 0.3 is 0 Å². The molecule has 50 valence electrons. The van der Waals surface area contributed by atoms with Gasteiger partial charge in [-0.25, -0.2) is 0 Å². The van der Waals surface area contributed by atoms with Crippen LogP contribution in [0.2, 0.25) is 0 Å². The van der Waals surface area contributed by atoms with Crippen molar-refractivity contribution in [2.45, 2.75) is 5.03 Å². The molecule has 1 heterocycles. The molecule has 0 spiro atoms. The van der Waals surface area contributed by atoms with Gasteiger partial charge in [0.1, 0.15) is 5.03 Å². The number of hydrogen-bond donors (Lipinski definition) is 0. The number of nitrogens with zero attached hydrogens (tertiary/aromatic N) is 1. The fraction of sp³-hybridized carbons (Fsp3) is 0.250. The van der Waals surface area contributed by atoms with E-state index in [1.807, 2.05) is 0 Å². The van der Waals surface area contributed by atoms with Gasteiger partial charge in [-0.2, -0.15) is 4.37 Å². The van der Waals surface area contributed by atoms with Crippen LogP contribution in [0.15, 0.2) is 11.1 Å². The zero-order chi connectivity index (χ0) is 6.69. The first-order valence-corrected chi connectivity index (χ1v) is 6.50. The topological polar surface area (TPSA) is 12.9 Å². The van der Waals surface area contributed by atoms with E-state index < -0.39 is 0 Å². The highest BCUT2D eigenvalue weighted by Gasteiger charge is 1.96. The van der Waals surface area contributed by atoms with Crippen molar-refractivity contribution >= 4 is 68.5 Å². The summed E-state index contributed by atoms with van der Waals surface area (Å²) in [5.74, 6) is 0. The first-order chi connectivity index (χ1) is 4.33. The molecule has 0 unspecified atom stereocenters. The molecule has 0 aromatic carbocycles. The van der Waals surface area contributed by atoms with Gasteiger partial charge in [0.25, 0.3) is 0 Å². The molecule has 0 saturated carbocycles. The number of aromatic nitrogens is 1. The second kappa shape index (κ2) is 4.35. The van der Waals surface area contributed by atoms with E-state index in [0.717, 1.165) is 8.79 Å². The molecule has 0 aliphatic carbocycles. The predicted octanol–water partition coefficient (Wildman–Crippen LogP) is 3.23. The van der Waals surface area contributed by atoms with Crippen LogP contribution in [-0.4, -0.2) is 8.13 Å². The Morgan fingerprint density at radius 3 is 3.00 bits per heavy atom. The van der Waals surface area contributed by atoms with Crippen LogP contribution in [0.1, 0.15) is 0 Å². The third-order valence-corrected chi connectivity index (χ3v) is 3.81. The summed E-state index contributed by atoms with van der Waals surface area (Å²) < 4.78 is 6.54. The maximum atomic E-state index is 4.20. The SMILES string of the molecule is ICSc1cc(I)sn1. The molecule has 1 nitrogen and oxygen atoms in total. The third kappa shape index (κ3) is 2.89.